The van der Waals surface area contributed by atoms with Gasteiger partial charge in [0.05, 0.1) is 0 Å². The number of unbranched alkanes of at least 4 members (excludes halogenated alkanes) is 6. The van der Waals surface area contributed by atoms with E-state index in [2.05, 4.69) is 28.6 Å². The number of guanidine groups is 1. The van der Waals surface area contributed by atoms with Gasteiger partial charge in [-0.25, -0.2) is 0 Å². The maximum absolute atomic E-state index is 4.52. The molecule has 112 valence electrons. The molecule has 1 fully saturated rings. The molecule has 1 rings (SSSR count). The van der Waals surface area contributed by atoms with Gasteiger partial charge in [-0.05, 0) is 12.8 Å². The predicted octanol–water partition coefficient (Wildman–Crippen LogP) is 3.75. The molecule has 0 atom stereocenters. The summed E-state index contributed by atoms with van der Waals surface area (Å²) in [6, 6.07) is 0. The minimum absolute atomic E-state index is 1.17. The molecule has 0 amide bonds. The van der Waals surface area contributed by atoms with Crippen molar-refractivity contribution in [1.29, 1.82) is 0 Å². The van der Waals surface area contributed by atoms with Crippen molar-refractivity contribution >= 4 is 5.96 Å². The van der Waals surface area contributed by atoms with Crippen LogP contribution < -0.4 is 0 Å². The van der Waals surface area contributed by atoms with Crippen molar-refractivity contribution in [1.82, 2.24) is 9.80 Å². The van der Waals surface area contributed by atoms with Gasteiger partial charge in [0.1, 0.15) is 0 Å². The van der Waals surface area contributed by atoms with Crippen molar-refractivity contribution in [2.45, 2.75) is 65.2 Å². The summed E-state index contributed by atoms with van der Waals surface area (Å²) >= 11 is 0. The lowest BCUT2D eigenvalue weighted by Crippen LogP contribution is -2.34. The zero-order valence-electron chi connectivity index (χ0n) is 13.3. The zero-order chi connectivity index (χ0) is 13.9. The summed E-state index contributed by atoms with van der Waals surface area (Å²) in [5.41, 5.74) is 0. The molecule has 3 nitrogen and oxygen atoms in total. The molecule has 1 aliphatic heterocycles. The highest BCUT2D eigenvalue weighted by Crippen LogP contribution is 2.12. The zero-order valence-corrected chi connectivity index (χ0v) is 13.3. The lowest BCUT2D eigenvalue weighted by atomic mass is 10.2. The van der Waals surface area contributed by atoms with E-state index in [4.69, 9.17) is 0 Å². The van der Waals surface area contributed by atoms with Crippen LogP contribution in [0.25, 0.3) is 0 Å². The fourth-order valence-electron chi connectivity index (χ4n) is 2.81. The Labute approximate surface area is 120 Å². The van der Waals surface area contributed by atoms with Crippen LogP contribution >= 0.6 is 0 Å². The van der Waals surface area contributed by atoms with Crippen molar-refractivity contribution in [3.05, 3.63) is 0 Å². The van der Waals surface area contributed by atoms with Crippen LogP contribution in [0.3, 0.4) is 0 Å². The first-order valence-electron chi connectivity index (χ1n) is 8.30. The van der Waals surface area contributed by atoms with E-state index in [1.165, 1.54) is 83.5 Å². The molecule has 0 radical (unpaired) electrons. The highest BCUT2D eigenvalue weighted by molar-refractivity contribution is 5.81. The summed E-state index contributed by atoms with van der Waals surface area (Å²) in [5.74, 6) is 1.24. The second-order valence-electron chi connectivity index (χ2n) is 5.62. The van der Waals surface area contributed by atoms with Gasteiger partial charge < -0.3 is 9.80 Å². The smallest absolute Gasteiger partial charge is 0.196 e. The van der Waals surface area contributed by atoms with Crippen LogP contribution in [0.2, 0.25) is 0 Å². The molecule has 0 spiro atoms. The van der Waals surface area contributed by atoms with Crippen molar-refractivity contribution in [2.75, 3.05) is 33.2 Å². The van der Waals surface area contributed by atoms with Crippen molar-refractivity contribution in [3.8, 4) is 0 Å². The second-order valence-corrected chi connectivity index (χ2v) is 5.62. The minimum Gasteiger partial charge on any atom is -0.341 e. The Hall–Kier alpha value is -0.730. The van der Waals surface area contributed by atoms with Gasteiger partial charge >= 0.3 is 0 Å². The van der Waals surface area contributed by atoms with Gasteiger partial charge in [0, 0.05) is 33.2 Å². The molecule has 0 aromatic heterocycles. The van der Waals surface area contributed by atoms with Crippen LogP contribution in [0.1, 0.15) is 65.2 Å². The fraction of sp³-hybridized carbons (Fsp3) is 0.938. The first-order chi connectivity index (χ1) is 9.33. The number of hydrogen-bond donors (Lipinski definition) is 0. The first kappa shape index (κ1) is 16.3. The average molecular weight is 267 g/mol. The highest BCUT2D eigenvalue weighted by atomic mass is 15.4. The summed E-state index contributed by atoms with van der Waals surface area (Å²) in [7, 11) is 1.94. The maximum atomic E-state index is 4.52. The van der Waals surface area contributed by atoms with E-state index < -0.39 is 0 Å². The summed E-state index contributed by atoms with van der Waals surface area (Å²) < 4.78 is 0. The maximum Gasteiger partial charge on any atom is 0.196 e. The molecule has 0 aromatic rings. The monoisotopic (exact) mass is 267 g/mol. The molecule has 0 aliphatic carbocycles. The third kappa shape index (κ3) is 5.84. The lowest BCUT2D eigenvalue weighted by molar-refractivity contribution is 0.434. The third-order valence-electron chi connectivity index (χ3n) is 3.97. The highest BCUT2D eigenvalue weighted by Gasteiger charge is 2.24. The number of rotatable bonds is 10. The van der Waals surface area contributed by atoms with E-state index in [0.717, 1.165) is 0 Å². The summed E-state index contributed by atoms with van der Waals surface area (Å²) in [5, 5.41) is 0. The normalized spacial score (nSPS) is 15.4. The van der Waals surface area contributed by atoms with Gasteiger partial charge in [-0.1, -0.05) is 52.4 Å². The molecule has 1 aliphatic rings. The number of hydrogen-bond acceptors (Lipinski definition) is 1. The van der Waals surface area contributed by atoms with E-state index in [1.54, 1.807) is 0 Å². The standard InChI is InChI=1S/C16H33N3/c1-4-6-8-10-12-18-14-15-19(16(18)17-3)13-11-9-7-5-2/h4-15H2,1-3H3. The van der Waals surface area contributed by atoms with Crippen molar-refractivity contribution in [2.24, 2.45) is 4.99 Å². The Bertz CT molecular complexity index is 228. The Kier molecular flexibility index (Phi) is 8.68. The molecule has 0 N–H and O–H groups in total. The van der Waals surface area contributed by atoms with Gasteiger partial charge in [0.15, 0.2) is 5.96 Å². The van der Waals surface area contributed by atoms with Crippen LogP contribution in [0, 0.1) is 0 Å². The SMILES string of the molecule is CCCCCCN1CCN(CCCCCC)C1=NC. The summed E-state index contributed by atoms with van der Waals surface area (Å²) in [6.45, 7) is 9.27. The van der Waals surface area contributed by atoms with E-state index in [-0.39, 0.29) is 0 Å². The quantitative estimate of drug-likeness (QED) is 0.561. The van der Waals surface area contributed by atoms with Gasteiger partial charge in [-0.15, -0.1) is 0 Å². The molecule has 19 heavy (non-hydrogen) atoms. The summed E-state index contributed by atoms with van der Waals surface area (Å²) in [4.78, 5) is 9.48. The van der Waals surface area contributed by atoms with Crippen molar-refractivity contribution < 1.29 is 0 Å². The number of aliphatic imine (C=N–C) groups is 1. The van der Waals surface area contributed by atoms with Crippen LogP contribution in [0.5, 0.6) is 0 Å². The molecular weight excluding hydrogens is 234 g/mol. The van der Waals surface area contributed by atoms with E-state index >= 15 is 0 Å². The van der Waals surface area contributed by atoms with Crippen LogP contribution in [-0.4, -0.2) is 49.0 Å². The predicted molar refractivity (Wildman–Crippen MR) is 84.8 cm³/mol. The lowest BCUT2D eigenvalue weighted by Gasteiger charge is -2.23. The Morgan fingerprint density at radius 3 is 1.63 bits per heavy atom. The summed E-state index contributed by atoms with van der Waals surface area (Å²) in [6.07, 6.45) is 10.7. The van der Waals surface area contributed by atoms with Gasteiger partial charge in [-0.3, -0.25) is 4.99 Å². The van der Waals surface area contributed by atoms with Gasteiger partial charge in [-0.2, -0.15) is 0 Å². The minimum atomic E-state index is 1.17. The molecule has 1 saturated heterocycles. The van der Waals surface area contributed by atoms with Gasteiger partial charge in [0.25, 0.3) is 0 Å². The molecule has 0 saturated carbocycles. The fourth-order valence-corrected chi connectivity index (χ4v) is 2.81. The molecule has 0 aromatic carbocycles. The first-order valence-corrected chi connectivity index (χ1v) is 8.30. The molecule has 1 heterocycles. The third-order valence-corrected chi connectivity index (χ3v) is 3.97. The average Bonchev–Trinajstić information content (AvgIpc) is 2.82. The second kappa shape index (κ2) is 10.1. The van der Waals surface area contributed by atoms with Crippen LogP contribution in [-0.2, 0) is 0 Å². The molecule has 0 unspecified atom stereocenters. The Balaban J connectivity index is 2.25. The molecular formula is C16H33N3. The van der Waals surface area contributed by atoms with Gasteiger partial charge in [0.2, 0.25) is 0 Å². The topological polar surface area (TPSA) is 18.8 Å². The Morgan fingerprint density at radius 2 is 1.26 bits per heavy atom. The molecule has 3 heteroatoms. The van der Waals surface area contributed by atoms with E-state index in [1.807, 2.05) is 7.05 Å². The van der Waals surface area contributed by atoms with Crippen LogP contribution in [0.15, 0.2) is 4.99 Å². The van der Waals surface area contributed by atoms with Crippen molar-refractivity contribution in [3.63, 3.8) is 0 Å². The van der Waals surface area contributed by atoms with E-state index in [0.29, 0.717) is 0 Å². The van der Waals surface area contributed by atoms with Crippen LogP contribution in [0.4, 0.5) is 0 Å². The molecule has 0 bridgehead atoms. The largest absolute Gasteiger partial charge is 0.341 e. The van der Waals surface area contributed by atoms with E-state index in [9.17, 15) is 0 Å². The Morgan fingerprint density at radius 1 is 0.789 bits per heavy atom. The number of nitrogens with zero attached hydrogens (tertiary/aromatic N) is 3.